The quantitative estimate of drug-likeness (QED) is 0.705. The first-order valence-corrected chi connectivity index (χ1v) is 10.8. The summed E-state index contributed by atoms with van der Waals surface area (Å²) in [6.45, 7) is 5.54. The first kappa shape index (κ1) is 20.4. The Bertz CT molecular complexity index is 723. The molecule has 0 bridgehead atoms. The average Bonchev–Trinajstić information content (AvgIpc) is 2.61. The molecular weight excluding hydrogens is 354 g/mol. The van der Waals surface area contributed by atoms with E-state index in [4.69, 9.17) is 0 Å². The fraction of sp³-hybridized carbons (Fsp3) is 0.556. The number of amides is 2. The molecule has 2 amide bonds. The lowest BCUT2D eigenvalue weighted by Gasteiger charge is -2.34. The molecule has 0 aromatic heterocycles. The van der Waals surface area contributed by atoms with Gasteiger partial charge in [-0.25, -0.2) is 8.42 Å². The lowest BCUT2D eigenvalue weighted by Crippen LogP contribution is -2.51. The Morgan fingerprint density at radius 3 is 2.23 bits per heavy atom. The second-order valence-corrected chi connectivity index (χ2v) is 8.58. The first-order valence-electron chi connectivity index (χ1n) is 8.89. The van der Waals surface area contributed by atoms with Crippen molar-refractivity contribution in [2.24, 2.45) is 0 Å². The highest BCUT2D eigenvalue weighted by Gasteiger charge is 2.23. The molecule has 1 aromatic carbocycles. The van der Waals surface area contributed by atoms with E-state index in [1.54, 1.807) is 17.0 Å². The number of hydrogen-bond donors (Lipinski definition) is 1. The van der Waals surface area contributed by atoms with Crippen LogP contribution in [0.4, 0.5) is 0 Å². The smallest absolute Gasteiger partial charge is 0.253 e. The third-order valence-corrected chi connectivity index (χ3v) is 5.54. The molecule has 0 saturated carbocycles. The van der Waals surface area contributed by atoms with Crippen molar-refractivity contribution in [1.29, 1.82) is 0 Å². The zero-order valence-electron chi connectivity index (χ0n) is 15.4. The van der Waals surface area contributed by atoms with Crippen LogP contribution < -0.4 is 5.32 Å². The van der Waals surface area contributed by atoms with E-state index in [0.717, 1.165) is 19.1 Å². The Balaban J connectivity index is 1.83. The summed E-state index contributed by atoms with van der Waals surface area (Å²) < 4.78 is 23.0. The molecule has 2 rings (SSSR count). The standard InChI is InChI=1S/C18H27N3O4S/c1-3-4-9-19-17(22)14-20-10-12-21(13-11-20)18(23)15-5-7-16(8-6-15)26(2,24)25/h5-8H,3-4,9-14H2,1-2H3,(H,19,22). The Hall–Kier alpha value is -1.93. The molecule has 8 heteroatoms. The van der Waals surface area contributed by atoms with Gasteiger partial charge in [0.1, 0.15) is 0 Å². The second-order valence-electron chi connectivity index (χ2n) is 6.57. The highest BCUT2D eigenvalue weighted by atomic mass is 32.2. The first-order chi connectivity index (χ1) is 12.3. The van der Waals surface area contributed by atoms with Crippen molar-refractivity contribution in [2.75, 3.05) is 45.5 Å². The van der Waals surface area contributed by atoms with Gasteiger partial charge in [0, 0.05) is 44.5 Å². The number of carbonyl (C=O) groups is 2. The van der Waals surface area contributed by atoms with E-state index in [2.05, 4.69) is 12.2 Å². The maximum Gasteiger partial charge on any atom is 0.253 e. The van der Waals surface area contributed by atoms with Gasteiger partial charge in [0.15, 0.2) is 9.84 Å². The summed E-state index contributed by atoms with van der Waals surface area (Å²) >= 11 is 0. The Kier molecular flexibility index (Phi) is 7.16. The van der Waals surface area contributed by atoms with Crippen LogP contribution in [0, 0.1) is 0 Å². The molecule has 1 aliphatic heterocycles. The Labute approximate surface area is 155 Å². The van der Waals surface area contributed by atoms with Gasteiger partial charge in [-0.15, -0.1) is 0 Å². The molecule has 1 fully saturated rings. The Morgan fingerprint density at radius 1 is 1.08 bits per heavy atom. The van der Waals surface area contributed by atoms with Gasteiger partial charge in [-0.3, -0.25) is 14.5 Å². The molecule has 0 radical (unpaired) electrons. The molecule has 1 aromatic rings. The van der Waals surface area contributed by atoms with Crippen molar-refractivity contribution in [3.8, 4) is 0 Å². The van der Waals surface area contributed by atoms with Crippen molar-refractivity contribution < 1.29 is 18.0 Å². The van der Waals surface area contributed by atoms with Crippen LogP contribution >= 0.6 is 0 Å². The maximum atomic E-state index is 12.5. The number of nitrogens with zero attached hydrogens (tertiary/aromatic N) is 2. The van der Waals surface area contributed by atoms with Crippen LogP contribution in [0.5, 0.6) is 0 Å². The summed E-state index contributed by atoms with van der Waals surface area (Å²) in [4.78, 5) is 28.4. The molecule has 7 nitrogen and oxygen atoms in total. The minimum absolute atomic E-state index is 0.0228. The summed E-state index contributed by atoms with van der Waals surface area (Å²) in [6, 6.07) is 6.01. The maximum absolute atomic E-state index is 12.5. The predicted octanol–water partition coefficient (Wildman–Crippen LogP) is 0.764. The number of carbonyl (C=O) groups excluding carboxylic acids is 2. The van der Waals surface area contributed by atoms with Gasteiger partial charge in [0.05, 0.1) is 11.4 Å². The monoisotopic (exact) mass is 381 g/mol. The van der Waals surface area contributed by atoms with Crippen LogP contribution in [-0.2, 0) is 14.6 Å². The predicted molar refractivity (Wildman–Crippen MR) is 99.8 cm³/mol. The van der Waals surface area contributed by atoms with Crippen LogP contribution in [0.15, 0.2) is 29.2 Å². The van der Waals surface area contributed by atoms with Crippen molar-refractivity contribution in [1.82, 2.24) is 15.1 Å². The molecular formula is C18H27N3O4S. The van der Waals surface area contributed by atoms with Crippen LogP contribution in [0.1, 0.15) is 30.1 Å². The number of sulfone groups is 1. The van der Waals surface area contributed by atoms with Crippen molar-refractivity contribution >= 4 is 21.7 Å². The molecule has 0 spiro atoms. The minimum Gasteiger partial charge on any atom is -0.355 e. The molecule has 0 atom stereocenters. The third-order valence-electron chi connectivity index (χ3n) is 4.41. The number of hydrogen-bond acceptors (Lipinski definition) is 5. The number of piperazine rings is 1. The number of rotatable bonds is 7. The fourth-order valence-electron chi connectivity index (χ4n) is 2.80. The molecule has 1 saturated heterocycles. The molecule has 0 aliphatic carbocycles. The van der Waals surface area contributed by atoms with E-state index < -0.39 is 9.84 Å². The zero-order valence-corrected chi connectivity index (χ0v) is 16.2. The minimum atomic E-state index is -3.27. The van der Waals surface area contributed by atoms with Crippen LogP contribution in [0.2, 0.25) is 0 Å². The Morgan fingerprint density at radius 2 is 1.69 bits per heavy atom. The number of nitrogens with one attached hydrogen (secondary N) is 1. The summed E-state index contributed by atoms with van der Waals surface area (Å²) in [5.41, 5.74) is 0.475. The van der Waals surface area contributed by atoms with Gasteiger partial charge in [-0.1, -0.05) is 13.3 Å². The van der Waals surface area contributed by atoms with Gasteiger partial charge in [-0.2, -0.15) is 0 Å². The highest BCUT2D eigenvalue weighted by Crippen LogP contribution is 2.13. The van der Waals surface area contributed by atoms with E-state index >= 15 is 0 Å². The van der Waals surface area contributed by atoms with Crippen molar-refractivity contribution in [3.05, 3.63) is 29.8 Å². The summed E-state index contributed by atoms with van der Waals surface area (Å²) in [6.07, 6.45) is 3.17. The highest BCUT2D eigenvalue weighted by molar-refractivity contribution is 7.90. The van der Waals surface area contributed by atoms with E-state index in [1.807, 2.05) is 4.90 Å². The zero-order chi connectivity index (χ0) is 19.2. The van der Waals surface area contributed by atoms with Gasteiger partial charge >= 0.3 is 0 Å². The normalized spacial score (nSPS) is 15.7. The molecule has 1 heterocycles. The number of benzene rings is 1. The van der Waals surface area contributed by atoms with Crippen LogP contribution in [-0.4, -0.2) is 75.6 Å². The van der Waals surface area contributed by atoms with E-state index in [-0.39, 0.29) is 16.7 Å². The van der Waals surface area contributed by atoms with Crippen molar-refractivity contribution in [3.63, 3.8) is 0 Å². The molecule has 144 valence electrons. The van der Waals surface area contributed by atoms with Crippen LogP contribution in [0.3, 0.4) is 0 Å². The SMILES string of the molecule is CCCCNC(=O)CN1CCN(C(=O)c2ccc(S(C)(=O)=O)cc2)CC1. The third kappa shape index (κ3) is 5.81. The van der Waals surface area contributed by atoms with Gasteiger partial charge in [0.2, 0.25) is 5.91 Å². The summed E-state index contributed by atoms with van der Waals surface area (Å²) in [5, 5.41) is 2.90. The lowest BCUT2D eigenvalue weighted by atomic mass is 10.2. The molecule has 26 heavy (non-hydrogen) atoms. The number of unbranched alkanes of at least 4 members (excludes halogenated alkanes) is 1. The average molecular weight is 381 g/mol. The lowest BCUT2D eigenvalue weighted by molar-refractivity contribution is -0.122. The van der Waals surface area contributed by atoms with Gasteiger partial charge in [-0.05, 0) is 30.7 Å². The second kappa shape index (κ2) is 9.14. The fourth-order valence-corrected chi connectivity index (χ4v) is 3.43. The van der Waals surface area contributed by atoms with E-state index in [9.17, 15) is 18.0 Å². The summed E-state index contributed by atoms with van der Waals surface area (Å²) in [7, 11) is -3.27. The van der Waals surface area contributed by atoms with Crippen molar-refractivity contribution in [2.45, 2.75) is 24.7 Å². The van der Waals surface area contributed by atoms with E-state index in [0.29, 0.717) is 44.8 Å². The topological polar surface area (TPSA) is 86.8 Å². The molecule has 1 aliphatic rings. The van der Waals surface area contributed by atoms with Gasteiger partial charge < -0.3 is 10.2 Å². The van der Waals surface area contributed by atoms with E-state index in [1.165, 1.54) is 12.1 Å². The summed E-state index contributed by atoms with van der Waals surface area (Å²) in [5.74, 6) is -0.0910. The molecule has 0 unspecified atom stereocenters. The van der Waals surface area contributed by atoms with Crippen LogP contribution in [0.25, 0.3) is 0 Å². The van der Waals surface area contributed by atoms with Gasteiger partial charge in [0.25, 0.3) is 5.91 Å². The largest absolute Gasteiger partial charge is 0.355 e. The molecule has 1 N–H and O–H groups in total.